The van der Waals surface area contributed by atoms with Gasteiger partial charge in [-0.2, -0.15) is 9.78 Å². The van der Waals surface area contributed by atoms with Crippen molar-refractivity contribution in [2.45, 2.75) is 32.4 Å². The smallest absolute Gasteiger partial charge is 0.352 e. The number of aromatic nitrogens is 3. The van der Waals surface area contributed by atoms with Crippen LogP contribution < -0.4 is 16.6 Å². The standard InChI is InChI=1S/C23H24N4O4/c1-16-7-5-8-17(13-16)15-26-22(29)20(21(28)24-14-19-11-6-12-31-19)25-27(23(26)30)18-9-3-2-4-10-18/h2-5,7-10,13,19H,6,11-12,14-15H2,1H3,(H,24,28)/t19-/m0/s1. The molecule has 0 saturated carbocycles. The third-order valence-corrected chi connectivity index (χ3v) is 5.21. The summed E-state index contributed by atoms with van der Waals surface area (Å²) in [6.07, 6.45) is 1.73. The molecule has 4 rings (SSSR count). The molecule has 1 saturated heterocycles. The molecule has 8 nitrogen and oxygen atoms in total. The maximum atomic E-state index is 13.1. The van der Waals surface area contributed by atoms with Gasteiger partial charge in [0.2, 0.25) is 5.69 Å². The van der Waals surface area contributed by atoms with Crippen LogP contribution in [0.15, 0.2) is 64.2 Å². The Bertz CT molecular complexity index is 1190. The van der Waals surface area contributed by atoms with Crippen LogP contribution in [-0.2, 0) is 11.3 Å². The molecule has 8 heteroatoms. The Morgan fingerprint density at radius 3 is 2.68 bits per heavy atom. The quantitative estimate of drug-likeness (QED) is 0.654. The molecule has 1 aliphatic rings. The summed E-state index contributed by atoms with van der Waals surface area (Å²) >= 11 is 0. The Balaban J connectivity index is 1.75. The van der Waals surface area contributed by atoms with Crippen molar-refractivity contribution in [3.8, 4) is 5.69 Å². The Morgan fingerprint density at radius 1 is 1.16 bits per heavy atom. The number of benzene rings is 2. The highest BCUT2D eigenvalue weighted by Gasteiger charge is 2.22. The van der Waals surface area contributed by atoms with E-state index in [9.17, 15) is 14.4 Å². The van der Waals surface area contributed by atoms with E-state index in [1.54, 1.807) is 24.3 Å². The second kappa shape index (κ2) is 9.09. The Kier molecular flexibility index (Phi) is 6.08. The number of nitrogens with one attached hydrogen (secondary N) is 1. The average Bonchev–Trinajstić information content (AvgIpc) is 3.29. The van der Waals surface area contributed by atoms with Gasteiger partial charge in [-0.1, -0.05) is 48.0 Å². The first-order chi connectivity index (χ1) is 15.0. The molecule has 1 atom stereocenters. The van der Waals surface area contributed by atoms with Crippen molar-refractivity contribution in [3.63, 3.8) is 0 Å². The number of ether oxygens (including phenoxy) is 1. The van der Waals surface area contributed by atoms with E-state index in [0.717, 1.165) is 33.2 Å². The van der Waals surface area contributed by atoms with Crippen LogP contribution >= 0.6 is 0 Å². The largest absolute Gasteiger partial charge is 0.376 e. The van der Waals surface area contributed by atoms with Crippen LogP contribution in [-0.4, -0.2) is 39.5 Å². The first kappa shape index (κ1) is 20.7. The van der Waals surface area contributed by atoms with Gasteiger partial charge < -0.3 is 10.1 Å². The fourth-order valence-corrected chi connectivity index (χ4v) is 3.62. The zero-order valence-electron chi connectivity index (χ0n) is 17.3. The molecule has 1 fully saturated rings. The molecule has 0 spiro atoms. The second-order valence-corrected chi connectivity index (χ2v) is 7.60. The maximum absolute atomic E-state index is 13.1. The Hall–Kier alpha value is -3.52. The SMILES string of the molecule is Cc1cccc(Cn2c(=O)c(C(=O)NC[C@@H]3CCCO3)nn(-c3ccccc3)c2=O)c1. The summed E-state index contributed by atoms with van der Waals surface area (Å²) in [5.74, 6) is -0.622. The summed E-state index contributed by atoms with van der Waals surface area (Å²) in [6, 6.07) is 16.3. The number of amides is 1. The Morgan fingerprint density at radius 2 is 1.97 bits per heavy atom. The topological polar surface area (TPSA) is 95.2 Å². The molecule has 31 heavy (non-hydrogen) atoms. The lowest BCUT2D eigenvalue weighted by Gasteiger charge is -2.14. The number of carbonyl (C=O) groups is 1. The molecule has 2 heterocycles. The molecule has 1 aromatic heterocycles. The van der Waals surface area contributed by atoms with E-state index < -0.39 is 17.2 Å². The van der Waals surface area contributed by atoms with Gasteiger partial charge >= 0.3 is 5.69 Å². The van der Waals surface area contributed by atoms with Crippen LogP contribution in [0.3, 0.4) is 0 Å². The summed E-state index contributed by atoms with van der Waals surface area (Å²) in [5, 5.41) is 6.85. The monoisotopic (exact) mass is 420 g/mol. The van der Waals surface area contributed by atoms with Gasteiger partial charge in [0.15, 0.2) is 0 Å². The normalized spacial score (nSPS) is 15.7. The van der Waals surface area contributed by atoms with Crippen LogP contribution in [0, 0.1) is 6.92 Å². The van der Waals surface area contributed by atoms with Crippen LogP contribution in [0.5, 0.6) is 0 Å². The number of aryl methyl sites for hydroxylation is 1. The zero-order valence-corrected chi connectivity index (χ0v) is 17.3. The highest BCUT2D eigenvalue weighted by atomic mass is 16.5. The first-order valence-corrected chi connectivity index (χ1v) is 10.3. The molecule has 160 valence electrons. The van der Waals surface area contributed by atoms with Crippen molar-refractivity contribution >= 4 is 5.91 Å². The van der Waals surface area contributed by atoms with E-state index in [2.05, 4.69) is 10.4 Å². The number of hydrogen-bond donors (Lipinski definition) is 1. The third kappa shape index (κ3) is 4.64. The summed E-state index contributed by atoms with van der Waals surface area (Å²) in [5.41, 5.74) is 0.623. The van der Waals surface area contributed by atoms with Gasteiger partial charge in [0.25, 0.3) is 11.5 Å². The van der Waals surface area contributed by atoms with Crippen molar-refractivity contribution < 1.29 is 9.53 Å². The van der Waals surface area contributed by atoms with Gasteiger partial charge in [-0.15, -0.1) is 0 Å². The molecule has 0 aliphatic carbocycles. The van der Waals surface area contributed by atoms with E-state index in [1.165, 1.54) is 0 Å². The lowest BCUT2D eigenvalue weighted by atomic mass is 10.1. The highest BCUT2D eigenvalue weighted by molar-refractivity contribution is 5.91. The molecular weight excluding hydrogens is 396 g/mol. The molecule has 0 bridgehead atoms. The average molecular weight is 420 g/mol. The number of rotatable bonds is 6. The van der Waals surface area contributed by atoms with Gasteiger partial charge in [-0.25, -0.2) is 4.79 Å². The van der Waals surface area contributed by atoms with Gasteiger partial charge in [-0.05, 0) is 37.5 Å². The minimum atomic E-state index is -0.719. The lowest BCUT2D eigenvalue weighted by molar-refractivity contribution is 0.0849. The Labute approximate surface area is 179 Å². The van der Waals surface area contributed by atoms with E-state index in [4.69, 9.17) is 4.74 Å². The zero-order chi connectivity index (χ0) is 21.8. The molecule has 3 aromatic rings. The second-order valence-electron chi connectivity index (χ2n) is 7.60. The highest BCUT2D eigenvalue weighted by Crippen LogP contribution is 2.11. The molecule has 1 amide bonds. The van der Waals surface area contributed by atoms with Crippen molar-refractivity contribution in [1.82, 2.24) is 19.7 Å². The number of carbonyl (C=O) groups excluding carboxylic acids is 1. The molecular formula is C23H24N4O4. The maximum Gasteiger partial charge on any atom is 0.352 e. The van der Waals surface area contributed by atoms with E-state index in [0.29, 0.717) is 18.8 Å². The van der Waals surface area contributed by atoms with E-state index >= 15 is 0 Å². The van der Waals surface area contributed by atoms with Crippen LogP contribution in [0.25, 0.3) is 5.69 Å². The predicted molar refractivity (Wildman–Crippen MR) is 116 cm³/mol. The minimum Gasteiger partial charge on any atom is -0.376 e. The summed E-state index contributed by atoms with van der Waals surface area (Å²) < 4.78 is 7.67. The van der Waals surface area contributed by atoms with Crippen molar-refractivity contribution in [3.05, 3.63) is 92.3 Å². The number of para-hydroxylation sites is 1. The van der Waals surface area contributed by atoms with E-state index in [-0.39, 0.29) is 18.3 Å². The van der Waals surface area contributed by atoms with Gasteiger partial charge in [-0.3, -0.25) is 14.2 Å². The van der Waals surface area contributed by atoms with Gasteiger partial charge in [0, 0.05) is 13.2 Å². The summed E-state index contributed by atoms with van der Waals surface area (Å²) in [4.78, 5) is 39.0. The van der Waals surface area contributed by atoms with Crippen molar-refractivity contribution in [2.75, 3.05) is 13.2 Å². The summed E-state index contributed by atoms with van der Waals surface area (Å²) in [7, 11) is 0. The van der Waals surface area contributed by atoms with Gasteiger partial charge in [0.1, 0.15) is 0 Å². The molecule has 1 N–H and O–H groups in total. The number of hydrogen-bond acceptors (Lipinski definition) is 5. The fourth-order valence-electron chi connectivity index (χ4n) is 3.62. The third-order valence-electron chi connectivity index (χ3n) is 5.21. The molecule has 1 aliphatic heterocycles. The van der Waals surface area contributed by atoms with Crippen molar-refractivity contribution in [2.24, 2.45) is 0 Å². The molecule has 0 radical (unpaired) electrons. The van der Waals surface area contributed by atoms with Gasteiger partial charge in [0.05, 0.1) is 18.3 Å². The first-order valence-electron chi connectivity index (χ1n) is 10.3. The predicted octanol–water partition coefficient (Wildman–Crippen LogP) is 1.66. The van der Waals surface area contributed by atoms with Crippen LogP contribution in [0.4, 0.5) is 0 Å². The molecule has 0 unspecified atom stereocenters. The minimum absolute atomic E-state index is 0.0424. The fraction of sp³-hybridized carbons (Fsp3) is 0.304. The van der Waals surface area contributed by atoms with Crippen LogP contribution in [0.1, 0.15) is 34.5 Å². The number of nitrogens with zero attached hydrogens (tertiary/aromatic N) is 3. The van der Waals surface area contributed by atoms with E-state index in [1.807, 2.05) is 37.3 Å². The van der Waals surface area contributed by atoms with Crippen LogP contribution in [0.2, 0.25) is 0 Å². The summed E-state index contributed by atoms with van der Waals surface area (Å²) in [6.45, 7) is 2.94. The van der Waals surface area contributed by atoms with Crippen molar-refractivity contribution in [1.29, 1.82) is 0 Å². The lowest BCUT2D eigenvalue weighted by Crippen LogP contribution is -2.46. The molecule has 2 aromatic carbocycles.